The normalized spacial score (nSPS) is 41.2. The van der Waals surface area contributed by atoms with Crippen molar-refractivity contribution in [3.8, 4) is 0 Å². The molecule has 46 heavy (non-hydrogen) atoms. The van der Waals surface area contributed by atoms with Crippen LogP contribution in [-0.4, -0.2) is 84.4 Å². The number of hydrogen-bond donors (Lipinski definition) is 7. The molecule has 0 aromatic carbocycles. The lowest BCUT2D eigenvalue weighted by molar-refractivity contribution is -0.122. The number of nitrogens with one attached hydrogen (secondary N) is 1. The maximum Gasteiger partial charge on any atom is 0.251 e. The number of allylic oxidation sites excluding steroid dienone is 6. The summed E-state index contributed by atoms with van der Waals surface area (Å²) in [6.07, 6.45) is -0.485. The summed E-state index contributed by atoms with van der Waals surface area (Å²) in [7, 11) is 0. The van der Waals surface area contributed by atoms with Crippen molar-refractivity contribution in [1.29, 1.82) is 0 Å². The first kappa shape index (κ1) is 37.2. The molecule has 11 heteroatoms. The van der Waals surface area contributed by atoms with Gasteiger partial charge in [-0.25, -0.2) is 0 Å². The number of hydrogen-bond acceptors (Lipinski definition) is 10. The van der Waals surface area contributed by atoms with Crippen LogP contribution in [0.5, 0.6) is 0 Å². The second-order valence-electron chi connectivity index (χ2n) is 13.6. The van der Waals surface area contributed by atoms with Gasteiger partial charge < -0.3 is 36.0 Å². The molecule has 0 saturated carbocycles. The van der Waals surface area contributed by atoms with Gasteiger partial charge in [0.2, 0.25) is 5.78 Å². The number of fused-ring (bicyclic) bond motifs is 16. The van der Waals surface area contributed by atoms with Crippen molar-refractivity contribution >= 4 is 23.3 Å². The van der Waals surface area contributed by atoms with Crippen LogP contribution >= 0.6 is 0 Å². The van der Waals surface area contributed by atoms with Crippen molar-refractivity contribution in [3.63, 3.8) is 0 Å². The van der Waals surface area contributed by atoms with Gasteiger partial charge in [-0.1, -0.05) is 66.7 Å². The predicted molar refractivity (Wildman–Crippen MR) is 170 cm³/mol. The number of ketones is 3. The molecule has 0 aromatic rings. The number of rotatable bonds is 0. The molecule has 2 aliphatic carbocycles. The Labute approximate surface area is 270 Å². The van der Waals surface area contributed by atoms with E-state index in [0.717, 1.165) is 6.08 Å². The van der Waals surface area contributed by atoms with Gasteiger partial charge in [-0.3, -0.25) is 19.2 Å². The van der Waals surface area contributed by atoms with Crippen LogP contribution in [-0.2, 0) is 19.2 Å². The van der Waals surface area contributed by atoms with E-state index in [1.165, 1.54) is 26.0 Å². The first-order valence-electron chi connectivity index (χ1n) is 15.9. The molecule has 2 heterocycles. The molecule has 4 unspecified atom stereocenters. The SMILES string of the molecule is C/C1=C/C=C/[C@H](C)[C@H](O)[C@@H](C)[C@@H](O)[C@@H](C)[C@H](O)[C@H](C)[C@@H](O)C(C)CC(C)C(=O)C2=C(O)C(C)C(O)C3=C2C(=O)C=C(NC1=O)C3=O. The Morgan fingerprint density at radius 1 is 0.761 bits per heavy atom. The van der Waals surface area contributed by atoms with E-state index in [0.29, 0.717) is 0 Å². The molecule has 0 radical (unpaired) electrons. The Morgan fingerprint density at radius 2 is 1.30 bits per heavy atom. The van der Waals surface area contributed by atoms with Gasteiger partial charge in [0.05, 0.1) is 41.8 Å². The van der Waals surface area contributed by atoms with Crippen LogP contribution in [0.3, 0.4) is 0 Å². The molecule has 254 valence electrons. The Bertz CT molecular complexity index is 1400. The van der Waals surface area contributed by atoms with Crippen molar-refractivity contribution in [1.82, 2.24) is 5.32 Å². The van der Waals surface area contributed by atoms with Gasteiger partial charge in [-0.15, -0.1) is 0 Å². The molecular formula is C35H49NO10. The molecule has 12 atom stereocenters. The average Bonchev–Trinajstić information content (AvgIpc) is 3.02. The van der Waals surface area contributed by atoms with Crippen LogP contribution in [0.4, 0.5) is 0 Å². The lowest BCUT2D eigenvalue weighted by Crippen LogP contribution is -2.46. The summed E-state index contributed by atoms with van der Waals surface area (Å²) in [6, 6.07) is 0. The van der Waals surface area contributed by atoms with Crippen molar-refractivity contribution in [2.45, 2.75) is 92.3 Å². The lowest BCUT2D eigenvalue weighted by atomic mass is 9.72. The van der Waals surface area contributed by atoms with Crippen molar-refractivity contribution in [2.75, 3.05) is 0 Å². The Kier molecular flexibility index (Phi) is 11.9. The van der Waals surface area contributed by atoms with E-state index in [9.17, 15) is 49.8 Å². The third kappa shape index (κ3) is 7.18. The first-order valence-corrected chi connectivity index (χ1v) is 15.9. The van der Waals surface area contributed by atoms with Crippen molar-refractivity contribution < 1.29 is 49.8 Å². The number of amides is 1. The van der Waals surface area contributed by atoms with Gasteiger partial charge in [0, 0.05) is 58.3 Å². The zero-order valence-electron chi connectivity index (χ0n) is 27.8. The quantitative estimate of drug-likeness (QED) is 0.191. The number of carbonyl (C=O) groups is 4. The van der Waals surface area contributed by atoms with Crippen LogP contribution in [0.25, 0.3) is 0 Å². The maximum absolute atomic E-state index is 13.8. The van der Waals surface area contributed by atoms with Crippen LogP contribution < -0.4 is 5.32 Å². The number of Topliss-reactive ketones (excluding diaryl/α,β-unsaturated/α-hetero) is 2. The molecule has 4 rings (SSSR count). The standard InChI is InChI=1S/C35H49NO10/c1-14-10-9-11-15(2)35(46)36-22-13-23(37)24-25(32(43)21(8)33(44)26(24)34(22)45)29(40)17(4)12-16(3)28(39)19(6)31(42)20(7)30(41)18(5)27(14)38/h9-11,13-14,16-21,27-28,30-31,33,38-39,41-44H,12H2,1-8H3,(H,36,46)/b10-9+,15-11-/t14-,16?,17?,18+,19+,20+,21?,27-,28-,30+,31+,33?/m0/s1. The van der Waals surface area contributed by atoms with E-state index in [4.69, 9.17) is 0 Å². The van der Waals surface area contributed by atoms with Gasteiger partial charge >= 0.3 is 0 Å². The van der Waals surface area contributed by atoms with Crippen molar-refractivity contribution in [3.05, 3.63) is 58.1 Å². The first-order chi connectivity index (χ1) is 21.3. The molecule has 11 nitrogen and oxygen atoms in total. The number of carbonyl (C=O) groups excluding carboxylic acids is 4. The number of aliphatic hydroxyl groups is 6. The maximum atomic E-state index is 13.8. The van der Waals surface area contributed by atoms with E-state index in [1.54, 1.807) is 47.6 Å². The summed E-state index contributed by atoms with van der Waals surface area (Å²) in [5, 5.41) is 68.8. The molecule has 7 N–H and O–H groups in total. The lowest BCUT2D eigenvalue weighted by Gasteiger charge is -2.37. The van der Waals surface area contributed by atoms with E-state index in [1.807, 2.05) is 0 Å². The van der Waals surface area contributed by atoms with Crippen LogP contribution in [0.2, 0.25) is 0 Å². The zero-order valence-corrected chi connectivity index (χ0v) is 27.8. The molecule has 4 bridgehead atoms. The van der Waals surface area contributed by atoms with Gasteiger partial charge in [-0.2, -0.15) is 0 Å². The molecule has 0 aromatic heterocycles. The molecular weight excluding hydrogens is 594 g/mol. The third-order valence-electron chi connectivity index (χ3n) is 10.1. The highest BCUT2D eigenvalue weighted by Gasteiger charge is 2.46. The molecule has 4 aliphatic rings. The topological polar surface area (TPSA) is 202 Å². The summed E-state index contributed by atoms with van der Waals surface area (Å²) in [5.74, 6) is -8.76. The number of aliphatic hydroxyl groups excluding tert-OH is 6. The molecule has 1 amide bonds. The minimum atomic E-state index is -1.62. The highest BCUT2D eigenvalue weighted by atomic mass is 16.3. The second-order valence-corrected chi connectivity index (χ2v) is 13.6. The fourth-order valence-corrected chi connectivity index (χ4v) is 6.69. The van der Waals surface area contributed by atoms with E-state index >= 15 is 0 Å². The fraction of sp³-hybridized carbons (Fsp3) is 0.600. The Morgan fingerprint density at radius 3 is 1.89 bits per heavy atom. The molecule has 0 saturated heterocycles. The largest absolute Gasteiger partial charge is 0.511 e. The van der Waals surface area contributed by atoms with Crippen LogP contribution in [0.1, 0.15) is 61.8 Å². The van der Waals surface area contributed by atoms with Gasteiger partial charge in [0.15, 0.2) is 11.6 Å². The van der Waals surface area contributed by atoms with Gasteiger partial charge in [0.1, 0.15) is 5.76 Å². The average molecular weight is 644 g/mol. The minimum Gasteiger partial charge on any atom is -0.511 e. The van der Waals surface area contributed by atoms with Crippen LogP contribution in [0.15, 0.2) is 58.1 Å². The fourth-order valence-electron chi connectivity index (χ4n) is 6.69. The summed E-state index contributed by atoms with van der Waals surface area (Å²) in [5.41, 5.74) is -1.42. The molecule has 0 fully saturated rings. The highest BCUT2D eigenvalue weighted by Crippen LogP contribution is 2.40. The minimum absolute atomic E-state index is 0.0776. The Balaban J connectivity index is 2.10. The molecule has 0 spiro atoms. The highest BCUT2D eigenvalue weighted by molar-refractivity contribution is 6.29. The van der Waals surface area contributed by atoms with Crippen LogP contribution in [0, 0.1) is 41.4 Å². The van der Waals surface area contributed by atoms with Gasteiger partial charge in [0.25, 0.3) is 5.91 Å². The summed E-state index contributed by atoms with van der Waals surface area (Å²) >= 11 is 0. The summed E-state index contributed by atoms with van der Waals surface area (Å²) in [6.45, 7) is 12.8. The van der Waals surface area contributed by atoms with E-state index < -0.39 is 112 Å². The zero-order chi connectivity index (χ0) is 34.9. The smallest absolute Gasteiger partial charge is 0.251 e. The third-order valence-corrected chi connectivity index (χ3v) is 10.1. The molecule has 2 aliphatic heterocycles. The predicted octanol–water partition coefficient (Wildman–Crippen LogP) is 1.99. The van der Waals surface area contributed by atoms with E-state index in [2.05, 4.69) is 5.32 Å². The monoisotopic (exact) mass is 643 g/mol. The second kappa shape index (κ2) is 14.7. The summed E-state index contributed by atoms with van der Waals surface area (Å²) < 4.78 is 0. The van der Waals surface area contributed by atoms with Crippen molar-refractivity contribution in [2.24, 2.45) is 41.4 Å². The Hall–Kier alpha value is -3.22. The van der Waals surface area contributed by atoms with Gasteiger partial charge in [-0.05, 0) is 19.3 Å². The summed E-state index contributed by atoms with van der Waals surface area (Å²) in [4.78, 5) is 53.8. The van der Waals surface area contributed by atoms with E-state index in [-0.39, 0.29) is 23.3 Å².